The fourth-order valence-corrected chi connectivity index (χ4v) is 4.51. The van der Waals surface area contributed by atoms with Crippen LogP contribution in [0.1, 0.15) is 28.0 Å². The maximum atomic E-state index is 13.0. The van der Waals surface area contributed by atoms with Gasteiger partial charge in [0.15, 0.2) is 0 Å². The predicted octanol–water partition coefficient (Wildman–Crippen LogP) is 1.63. The molecule has 7 nitrogen and oxygen atoms in total. The number of hydrogen-bond acceptors (Lipinski definition) is 5. The van der Waals surface area contributed by atoms with Crippen molar-refractivity contribution in [3.63, 3.8) is 0 Å². The van der Waals surface area contributed by atoms with E-state index in [4.69, 9.17) is 4.74 Å². The highest BCUT2D eigenvalue weighted by molar-refractivity contribution is 5.93. The van der Waals surface area contributed by atoms with E-state index in [9.17, 15) is 9.90 Å². The molecular formula is C22H24N4O3. The van der Waals surface area contributed by atoms with Gasteiger partial charge in [-0.15, -0.1) is 0 Å². The Morgan fingerprint density at radius 3 is 2.86 bits per heavy atom. The maximum Gasteiger partial charge on any atom is 0.274 e. The van der Waals surface area contributed by atoms with Gasteiger partial charge in [-0.3, -0.25) is 4.79 Å². The van der Waals surface area contributed by atoms with Gasteiger partial charge in [-0.2, -0.15) is 0 Å². The minimum atomic E-state index is -0.634. The van der Waals surface area contributed by atoms with Crippen LogP contribution in [0.2, 0.25) is 0 Å². The molecule has 1 fully saturated rings. The molecule has 3 aromatic rings. The van der Waals surface area contributed by atoms with Crippen molar-refractivity contribution >= 4 is 11.6 Å². The quantitative estimate of drug-likeness (QED) is 0.693. The number of aliphatic hydroxyl groups excluding tert-OH is 1. The smallest absolute Gasteiger partial charge is 0.274 e. The Morgan fingerprint density at radius 2 is 2.07 bits per heavy atom. The summed E-state index contributed by atoms with van der Waals surface area (Å²) in [7, 11) is 1.60. The number of methoxy groups -OCH3 is 1. The Morgan fingerprint density at radius 1 is 1.24 bits per heavy atom. The van der Waals surface area contributed by atoms with Crippen LogP contribution in [-0.2, 0) is 13.0 Å². The normalized spacial score (nSPS) is 23.9. The molecule has 150 valence electrons. The van der Waals surface area contributed by atoms with E-state index in [2.05, 4.69) is 22.4 Å². The maximum absolute atomic E-state index is 13.0. The van der Waals surface area contributed by atoms with Crippen molar-refractivity contribution in [2.45, 2.75) is 31.0 Å². The SMILES string of the molecule is COc1ccc2nc(C(=O)N3CC[C@]4(Cc5ccccc5CN4)[C@H](O)C3)cn2c1. The summed E-state index contributed by atoms with van der Waals surface area (Å²) in [6, 6.07) is 12.0. The predicted molar refractivity (Wildman–Crippen MR) is 108 cm³/mol. The molecule has 1 aromatic carbocycles. The number of nitrogens with zero attached hydrogens (tertiary/aromatic N) is 3. The number of hydrogen-bond donors (Lipinski definition) is 2. The molecule has 0 radical (unpaired) electrons. The van der Waals surface area contributed by atoms with Gasteiger partial charge < -0.3 is 24.5 Å². The van der Waals surface area contributed by atoms with Gasteiger partial charge in [0.2, 0.25) is 0 Å². The number of ether oxygens (including phenoxy) is 1. The van der Waals surface area contributed by atoms with Crippen LogP contribution in [0.25, 0.3) is 5.65 Å². The second-order valence-corrected chi connectivity index (χ2v) is 7.93. The lowest BCUT2D eigenvalue weighted by Gasteiger charge is -2.48. The highest BCUT2D eigenvalue weighted by Gasteiger charge is 2.45. The van der Waals surface area contributed by atoms with Gasteiger partial charge in [-0.1, -0.05) is 24.3 Å². The molecule has 2 aromatic heterocycles. The number of likely N-dealkylation sites (tertiary alicyclic amines) is 1. The number of amides is 1. The number of rotatable bonds is 2. The Labute approximate surface area is 168 Å². The van der Waals surface area contributed by atoms with Crippen molar-refractivity contribution in [1.29, 1.82) is 0 Å². The van der Waals surface area contributed by atoms with E-state index in [0.717, 1.165) is 13.0 Å². The molecule has 1 spiro atoms. The van der Waals surface area contributed by atoms with Crippen LogP contribution in [0, 0.1) is 0 Å². The van der Waals surface area contributed by atoms with E-state index in [-0.39, 0.29) is 11.4 Å². The molecule has 29 heavy (non-hydrogen) atoms. The number of nitrogens with one attached hydrogen (secondary N) is 1. The first kappa shape index (κ1) is 18.1. The number of fused-ring (bicyclic) bond motifs is 2. The topological polar surface area (TPSA) is 79.1 Å². The monoisotopic (exact) mass is 392 g/mol. The summed E-state index contributed by atoms with van der Waals surface area (Å²) in [4.78, 5) is 19.2. The molecule has 2 aliphatic heterocycles. The average molecular weight is 392 g/mol. The van der Waals surface area contributed by atoms with E-state index in [1.54, 1.807) is 28.8 Å². The van der Waals surface area contributed by atoms with Gasteiger partial charge in [0.1, 0.15) is 17.1 Å². The van der Waals surface area contributed by atoms with Gasteiger partial charge in [0.25, 0.3) is 5.91 Å². The lowest BCUT2D eigenvalue weighted by molar-refractivity contribution is -0.0140. The number of aromatic nitrogens is 2. The van der Waals surface area contributed by atoms with Crippen LogP contribution in [0.3, 0.4) is 0 Å². The molecular weight excluding hydrogens is 368 g/mol. The minimum absolute atomic E-state index is 0.155. The fraction of sp³-hybridized carbons (Fsp3) is 0.364. The van der Waals surface area contributed by atoms with Crippen LogP contribution in [0.4, 0.5) is 0 Å². The van der Waals surface area contributed by atoms with E-state index in [1.165, 1.54) is 11.1 Å². The number of aliphatic hydroxyl groups is 1. The van der Waals surface area contributed by atoms with Crippen molar-refractivity contribution in [3.05, 3.63) is 65.6 Å². The number of piperidine rings is 1. The third-order valence-electron chi connectivity index (χ3n) is 6.28. The van der Waals surface area contributed by atoms with Crippen molar-refractivity contribution in [1.82, 2.24) is 19.6 Å². The van der Waals surface area contributed by atoms with E-state index >= 15 is 0 Å². The molecule has 0 unspecified atom stereocenters. The van der Waals surface area contributed by atoms with Gasteiger partial charge in [0, 0.05) is 25.8 Å². The zero-order valence-corrected chi connectivity index (χ0v) is 16.3. The number of carbonyl (C=O) groups excluding carboxylic acids is 1. The summed E-state index contributed by atoms with van der Waals surface area (Å²) in [5.41, 5.74) is 3.25. The summed E-state index contributed by atoms with van der Waals surface area (Å²) >= 11 is 0. The summed E-state index contributed by atoms with van der Waals surface area (Å²) in [6.45, 7) is 1.63. The molecule has 7 heteroatoms. The Kier molecular flexibility index (Phi) is 4.29. The number of carbonyl (C=O) groups is 1. The third-order valence-corrected chi connectivity index (χ3v) is 6.28. The molecule has 2 aliphatic rings. The van der Waals surface area contributed by atoms with Gasteiger partial charge >= 0.3 is 0 Å². The average Bonchev–Trinajstić information content (AvgIpc) is 3.18. The van der Waals surface area contributed by atoms with Gasteiger partial charge in [-0.25, -0.2) is 4.98 Å². The largest absolute Gasteiger partial charge is 0.495 e. The molecule has 1 amide bonds. The van der Waals surface area contributed by atoms with E-state index < -0.39 is 6.10 Å². The summed E-state index contributed by atoms with van der Waals surface area (Å²) < 4.78 is 7.01. The summed E-state index contributed by atoms with van der Waals surface area (Å²) in [5, 5.41) is 14.5. The number of β-amino-alcohol motifs (C(OH)–C–C–N with tert-alkyl or cyclic N) is 1. The van der Waals surface area contributed by atoms with Crippen molar-refractivity contribution in [3.8, 4) is 5.75 Å². The van der Waals surface area contributed by atoms with Crippen molar-refractivity contribution < 1.29 is 14.6 Å². The second-order valence-electron chi connectivity index (χ2n) is 7.93. The van der Waals surface area contributed by atoms with Crippen LogP contribution in [0.15, 0.2) is 48.8 Å². The van der Waals surface area contributed by atoms with Gasteiger partial charge in [0.05, 0.1) is 24.9 Å². The molecule has 0 aliphatic carbocycles. The highest BCUT2D eigenvalue weighted by Crippen LogP contribution is 2.32. The molecule has 2 N–H and O–H groups in total. The molecule has 0 bridgehead atoms. The third kappa shape index (κ3) is 3.07. The first-order valence-electron chi connectivity index (χ1n) is 9.90. The number of imidazole rings is 1. The van der Waals surface area contributed by atoms with Gasteiger partial charge in [-0.05, 0) is 36.1 Å². The Hall–Kier alpha value is -2.90. The standard InChI is InChI=1S/C22H24N4O3/c1-29-17-6-7-20-24-18(13-26(20)12-17)21(28)25-9-8-22(19(27)14-25)10-15-4-2-3-5-16(15)11-23-22/h2-7,12-13,19,23,27H,8-11,14H2,1H3/t19-,22+/m1/s1. The highest BCUT2D eigenvalue weighted by atomic mass is 16.5. The van der Waals surface area contributed by atoms with Crippen molar-refractivity contribution in [2.75, 3.05) is 20.2 Å². The molecule has 4 heterocycles. The Bertz CT molecular complexity index is 1080. The second kappa shape index (κ2) is 6.86. The lowest BCUT2D eigenvalue weighted by atomic mass is 9.76. The number of pyridine rings is 1. The first-order valence-corrected chi connectivity index (χ1v) is 9.90. The summed E-state index contributed by atoms with van der Waals surface area (Å²) in [6.07, 6.45) is 4.36. The zero-order valence-electron chi connectivity index (χ0n) is 16.3. The van der Waals surface area contributed by atoms with Crippen LogP contribution >= 0.6 is 0 Å². The zero-order chi connectivity index (χ0) is 20.0. The van der Waals surface area contributed by atoms with Crippen LogP contribution in [-0.4, -0.2) is 57.1 Å². The van der Waals surface area contributed by atoms with Crippen molar-refractivity contribution in [2.24, 2.45) is 0 Å². The molecule has 1 saturated heterocycles. The fourth-order valence-electron chi connectivity index (χ4n) is 4.51. The van der Waals surface area contributed by atoms with E-state index in [1.807, 2.05) is 24.3 Å². The van der Waals surface area contributed by atoms with Crippen LogP contribution < -0.4 is 10.1 Å². The molecule has 5 rings (SSSR count). The summed E-state index contributed by atoms with van der Waals surface area (Å²) in [5.74, 6) is 0.547. The molecule has 2 atom stereocenters. The van der Waals surface area contributed by atoms with E-state index in [0.29, 0.717) is 36.6 Å². The number of benzene rings is 1. The van der Waals surface area contributed by atoms with Crippen LogP contribution in [0.5, 0.6) is 5.75 Å². The lowest BCUT2D eigenvalue weighted by Crippen LogP contribution is -2.65. The minimum Gasteiger partial charge on any atom is -0.495 e. The first-order chi connectivity index (χ1) is 14.1. The molecule has 0 saturated carbocycles. The Balaban J connectivity index is 1.34.